The Morgan fingerprint density at radius 3 is 2.65 bits per heavy atom. The van der Waals surface area contributed by atoms with Gasteiger partial charge in [0.2, 0.25) is 0 Å². The fraction of sp³-hybridized carbons (Fsp3) is 0.375. The van der Waals surface area contributed by atoms with Crippen molar-refractivity contribution in [1.29, 1.82) is 0 Å². The molecule has 0 aliphatic rings. The molecule has 1 aromatic rings. The predicted octanol–water partition coefficient (Wildman–Crippen LogP) is 2.28. The molecule has 108 valence electrons. The van der Waals surface area contributed by atoms with Crippen LogP contribution in [-0.2, 0) is 14.3 Å². The van der Waals surface area contributed by atoms with Crippen LogP contribution in [0.5, 0.6) is 0 Å². The second-order valence-electron chi connectivity index (χ2n) is 4.77. The van der Waals surface area contributed by atoms with E-state index in [4.69, 9.17) is 4.74 Å². The van der Waals surface area contributed by atoms with Gasteiger partial charge in [-0.05, 0) is 32.4 Å². The van der Waals surface area contributed by atoms with E-state index in [1.807, 2.05) is 31.2 Å². The molecule has 0 amide bonds. The van der Waals surface area contributed by atoms with Crippen LogP contribution in [0.25, 0.3) is 6.08 Å². The first-order valence-corrected chi connectivity index (χ1v) is 6.52. The normalized spacial score (nSPS) is 14.0. The zero-order valence-electron chi connectivity index (χ0n) is 12.1. The molecule has 0 heterocycles. The Morgan fingerprint density at radius 1 is 1.40 bits per heavy atom. The highest BCUT2D eigenvalue weighted by molar-refractivity contribution is 5.90. The molecule has 1 N–H and O–H groups in total. The third-order valence-corrected chi connectivity index (χ3v) is 2.74. The summed E-state index contributed by atoms with van der Waals surface area (Å²) < 4.78 is 4.83. The molecule has 1 rings (SSSR count). The number of Topliss-reactive ketones (excluding diaryl/α,β-unsaturated/α-hetero) is 1. The van der Waals surface area contributed by atoms with Crippen LogP contribution in [0.4, 0.5) is 0 Å². The van der Waals surface area contributed by atoms with Crippen molar-refractivity contribution in [2.45, 2.75) is 32.8 Å². The molecule has 0 spiro atoms. The van der Waals surface area contributed by atoms with Gasteiger partial charge in [-0.25, -0.2) is 4.79 Å². The lowest BCUT2D eigenvalue weighted by atomic mass is 9.95. The number of carbonyl (C=O) groups is 2. The first kappa shape index (κ1) is 16.1. The molecule has 0 aromatic heterocycles. The molecule has 0 aliphatic carbocycles. The van der Waals surface area contributed by atoms with Gasteiger partial charge in [-0.1, -0.05) is 35.9 Å². The van der Waals surface area contributed by atoms with Gasteiger partial charge in [-0.15, -0.1) is 0 Å². The van der Waals surface area contributed by atoms with Crippen molar-refractivity contribution in [2.24, 2.45) is 0 Å². The first-order valence-electron chi connectivity index (χ1n) is 6.52. The number of aliphatic hydroxyl groups is 1. The smallest absolute Gasteiger partial charge is 0.342 e. The van der Waals surface area contributed by atoms with E-state index in [1.165, 1.54) is 13.0 Å². The van der Waals surface area contributed by atoms with Crippen molar-refractivity contribution in [3.05, 3.63) is 41.5 Å². The Hall–Kier alpha value is -1.94. The molecule has 4 heteroatoms. The highest BCUT2D eigenvalue weighted by Crippen LogP contribution is 2.18. The van der Waals surface area contributed by atoms with Crippen LogP contribution < -0.4 is 0 Å². The Labute approximate surface area is 119 Å². The van der Waals surface area contributed by atoms with Gasteiger partial charge in [0, 0.05) is 6.42 Å². The van der Waals surface area contributed by atoms with Gasteiger partial charge in [-0.2, -0.15) is 0 Å². The van der Waals surface area contributed by atoms with Gasteiger partial charge in [0.05, 0.1) is 6.61 Å². The van der Waals surface area contributed by atoms with Crippen LogP contribution in [-0.4, -0.2) is 29.1 Å². The largest absolute Gasteiger partial charge is 0.464 e. The SMILES string of the molecule is CCOC(=O)[C@@](O)(/C=C/c1cccc(C)c1)CC(C)=O. The standard InChI is InChI=1S/C16H20O4/c1-4-20-15(18)16(19,11-13(3)17)9-8-14-7-5-6-12(2)10-14/h5-10,19H,4,11H2,1-3H3/b9-8+/t16-/m1/s1. The van der Waals surface area contributed by atoms with Crippen molar-refractivity contribution in [2.75, 3.05) is 6.61 Å². The molecule has 20 heavy (non-hydrogen) atoms. The van der Waals surface area contributed by atoms with Gasteiger partial charge in [-0.3, -0.25) is 4.79 Å². The maximum Gasteiger partial charge on any atom is 0.342 e. The van der Waals surface area contributed by atoms with E-state index in [0.717, 1.165) is 11.1 Å². The van der Waals surface area contributed by atoms with Crippen LogP contribution in [0.15, 0.2) is 30.3 Å². The number of ether oxygens (including phenoxy) is 1. The highest BCUT2D eigenvalue weighted by atomic mass is 16.5. The summed E-state index contributed by atoms with van der Waals surface area (Å²) in [5.74, 6) is -1.09. The summed E-state index contributed by atoms with van der Waals surface area (Å²) >= 11 is 0. The minimum absolute atomic E-state index is 0.150. The average Bonchev–Trinajstić information content (AvgIpc) is 2.36. The maximum absolute atomic E-state index is 11.8. The second kappa shape index (κ2) is 7.01. The summed E-state index contributed by atoms with van der Waals surface area (Å²) in [5.41, 5.74) is 0.000608. The molecular formula is C16H20O4. The van der Waals surface area contributed by atoms with Gasteiger partial charge in [0.25, 0.3) is 0 Å². The van der Waals surface area contributed by atoms with Crippen LogP contribution in [0.1, 0.15) is 31.4 Å². The van der Waals surface area contributed by atoms with Crippen LogP contribution in [0, 0.1) is 6.92 Å². The van der Waals surface area contributed by atoms with E-state index in [1.54, 1.807) is 13.0 Å². The molecular weight excluding hydrogens is 256 g/mol. The summed E-state index contributed by atoms with van der Waals surface area (Å²) in [5, 5.41) is 10.3. The molecule has 0 radical (unpaired) electrons. The lowest BCUT2D eigenvalue weighted by molar-refractivity contribution is -0.161. The van der Waals surface area contributed by atoms with Gasteiger partial charge in [0.15, 0.2) is 5.60 Å². The maximum atomic E-state index is 11.8. The number of rotatable bonds is 6. The number of hydrogen-bond acceptors (Lipinski definition) is 4. The van der Waals surface area contributed by atoms with E-state index in [0.29, 0.717) is 0 Å². The summed E-state index contributed by atoms with van der Waals surface area (Å²) in [6.07, 6.45) is 2.64. The molecule has 1 atom stereocenters. The molecule has 0 unspecified atom stereocenters. The summed E-state index contributed by atoms with van der Waals surface area (Å²) in [7, 11) is 0. The van der Waals surface area contributed by atoms with Gasteiger partial charge in [0.1, 0.15) is 5.78 Å². The minimum Gasteiger partial charge on any atom is -0.464 e. The Morgan fingerprint density at radius 2 is 2.10 bits per heavy atom. The molecule has 0 bridgehead atoms. The van der Waals surface area contributed by atoms with E-state index in [9.17, 15) is 14.7 Å². The second-order valence-corrected chi connectivity index (χ2v) is 4.77. The number of benzene rings is 1. The molecule has 4 nitrogen and oxygen atoms in total. The number of esters is 1. The minimum atomic E-state index is -1.91. The van der Waals surface area contributed by atoms with Crippen LogP contribution in [0.2, 0.25) is 0 Å². The zero-order chi connectivity index (χ0) is 15.2. The summed E-state index contributed by atoms with van der Waals surface area (Å²) in [4.78, 5) is 23.0. The third-order valence-electron chi connectivity index (χ3n) is 2.74. The van der Waals surface area contributed by atoms with Gasteiger partial charge < -0.3 is 9.84 Å². The highest BCUT2D eigenvalue weighted by Gasteiger charge is 2.36. The van der Waals surface area contributed by atoms with Crippen LogP contribution in [0.3, 0.4) is 0 Å². The van der Waals surface area contributed by atoms with Crippen LogP contribution >= 0.6 is 0 Å². The Kier molecular flexibility index (Phi) is 5.65. The fourth-order valence-corrected chi connectivity index (χ4v) is 1.84. The summed E-state index contributed by atoms with van der Waals surface area (Å²) in [6, 6.07) is 7.59. The lowest BCUT2D eigenvalue weighted by Gasteiger charge is -2.20. The Bertz CT molecular complexity index is 519. The van der Waals surface area contributed by atoms with E-state index < -0.39 is 11.6 Å². The number of ketones is 1. The zero-order valence-corrected chi connectivity index (χ0v) is 12.1. The van der Waals surface area contributed by atoms with Crippen molar-refractivity contribution in [3.8, 4) is 0 Å². The molecule has 0 saturated heterocycles. The molecule has 0 saturated carbocycles. The summed E-state index contributed by atoms with van der Waals surface area (Å²) in [6.45, 7) is 5.07. The number of aryl methyl sites for hydroxylation is 1. The average molecular weight is 276 g/mol. The van der Waals surface area contributed by atoms with Crippen molar-refractivity contribution >= 4 is 17.8 Å². The van der Waals surface area contributed by atoms with Crippen molar-refractivity contribution in [3.63, 3.8) is 0 Å². The Balaban J connectivity index is 3.00. The monoisotopic (exact) mass is 276 g/mol. The molecule has 0 fully saturated rings. The third kappa shape index (κ3) is 4.63. The fourth-order valence-electron chi connectivity index (χ4n) is 1.84. The quantitative estimate of drug-likeness (QED) is 0.810. The van der Waals surface area contributed by atoms with E-state index >= 15 is 0 Å². The van der Waals surface area contributed by atoms with Crippen molar-refractivity contribution in [1.82, 2.24) is 0 Å². The predicted molar refractivity (Wildman–Crippen MR) is 77.1 cm³/mol. The topological polar surface area (TPSA) is 63.6 Å². The lowest BCUT2D eigenvalue weighted by Crippen LogP contribution is -2.39. The molecule has 1 aromatic carbocycles. The number of hydrogen-bond donors (Lipinski definition) is 1. The van der Waals surface area contributed by atoms with Crippen molar-refractivity contribution < 1.29 is 19.4 Å². The first-order chi connectivity index (χ1) is 9.37. The van der Waals surface area contributed by atoms with E-state index in [-0.39, 0.29) is 18.8 Å². The van der Waals surface area contributed by atoms with E-state index in [2.05, 4.69) is 0 Å². The number of carbonyl (C=O) groups excluding carboxylic acids is 2. The van der Waals surface area contributed by atoms with Gasteiger partial charge >= 0.3 is 5.97 Å². The molecule has 0 aliphatic heterocycles.